The molecule has 2 rings (SSSR count). The SMILES string of the molecule is NCCCOC1CCN(Cc2ccnc(Cl)c2)CC1. The minimum atomic E-state index is 0.406. The average molecular weight is 284 g/mol. The van der Waals surface area contributed by atoms with E-state index >= 15 is 0 Å². The lowest BCUT2D eigenvalue weighted by atomic mass is 10.1. The molecule has 0 aliphatic carbocycles. The Hall–Kier alpha value is -0.680. The highest BCUT2D eigenvalue weighted by Crippen LogP contribution is 2.17. The summed E-state index contributed by atoms with van der Waals surface area (Å²) in [4.78, 5) is 6.44. The quantitative estimate of drug-likeness (QED) is 0.641. The third-order valence-electron chi connectivity index (χ3n) is 3.43. The molecule has 1 saturated heterocycles. The average Bonchev–Trinajstić information content (AvgIpc) is 2.41. The first-order valence-corrected chi connectivity index (χ1v) is 7.30. The van der Waals surface area contributed by atoms with E-state index < -0.39 is 0 Å². The molecule has 2 N–H and O–H groups in total. The molecule has 0 bridgehead atoms. The van der Waals surface area contributed by atoms with Crippen molar-refractivity contribution < 1.29 is 4.74 Å². The van der Waals surface area contributed by atoms with Crippen LogP contribution in [0.25, 0.3) is 0 Å². The van der Waals surface area contributed by atoms with E-state index in [9.17, 15) is 0 Å². The lowest BCUT2D eigenvalue weighted by molar-refractivity contribution is 0.00563. The first-order chi connectivity index (χ1) is 9.28. The van der Waals surface area contributed by atoms with E-state index in [-0.39, 0.29) is 0 Å². The summed E-state index contributed by atoms with van der Waals surface area (Å²) in [7, 11) is 0. The minimum Gasteiger partial charge on any atom is -0.378 e. The summed E-state index contributed by atoms with van der Waals surface area (Å²) < 4.78 is 5.80. The summed E-state index contributed by atoms with van der Waals surface area (Å²) in [5.41, 5.74) is 6.68. The number of hydrogen-bond donors (Lipinski definition) is 1. The number of nitrogens with zero attached hydrogens (tertiary/aromatic N) is 2. The standard InChI is InChI=1S/C14H22ClN3O/c15-14-10-12(2-6-17-14)11-18-7-3-13(4-8-18)19-9-1-5-16/h2,6,10,13H,1,3-5,7-9,11,16H2. The van der Waals surface area contributed by atoms with Gasteiger partial charge in [0.25, 0.3) is 0 Å². The van der Waals surface area contributed by atoms with Gasteiger partial charge in [-0.3, -0.25) is 4.90 Å². The maximum Gasteiger partial charge on any atom is 0.129 e. The number of rotatable bonds is 6. The second-order valence-electron chi connectivity index (χ2n) is 4.98. The van der Waals surface area contributed by atoms with Crippen LogP contribution in [0.15, 0.2) is 18.3 Å². The van der Waals surface area contributed by atoms with Crippen LogP contribution < -0.4 is 5.73 Å². The van der Waals surface area contributed by atoms with Crippen molar-refractivity contribution in [3.63, 3.8) is 0 Å². The van der Waals surface area contributed by atoms with Crippen LogP contribution in [0.4, 0.5) is 0 Å². The maximum absolute atomic E-state index is 5.90. The van der Waals surface area contributed by atoms with Crippen LogP contribution in [0, 0.1) is 0 Å². The van der Waals surface area contributed by atoms with E-state index in [1.807, 2.05) is 12.1 Å². The van der Waals surface area contributed by atoms with Crippen molar-refractivity contribution in [1.29, 1.82) is 0 Å². The molecule has 5 heteroatoms. The van der Waals surface area contributed by atoms with Gasteiger partial charge in [-0.15, -0.1) is 0 Å². The number of piperidine rings is 1. The van der Waals surface area contributed by atoms with Crippen molar-refractivity contribution in [2.24, 2.45) is 5.73 Å². The molecule has 0 radical (unpaired) electrons. The number of likely N-dealkylation sites (tertiary alicyclic amines) is 1. The summed E-state index contributed by atoms with van der Waals surface area (Å²) in [6.07, 6.45) is 5.33. The molecule has 1 aliphatic rings. The fraction of sp³-hybridized carbons (Fsp3) is 0.643. The van der Waals surface area contributed by atoms with Crippen LogP contribution >= 0.6 is 11.6 Å². The van der Waals surface area contributed by atoms with Crippen LogP contribution in [-0.2, 0) is 11.3 Å². The first-order valence-electron chi connectivity index (χ1n) is 6.92. The van der Waals surface area contributed by atoms with E-state index in [2.05, 4.69) is 9.88 Å². The third kappa shape index (κ3) is 5.07. The largest absolute Gasteiger partial charge is 0.378 e. The van der Waals surface area contributed by atoms with Crippen molar-refractivity contribution in [3.8, 4) is 0 Å². The predicted octanol–water partition coefficient (Wildman–Crippen LogP) is 2.06. The second kappa shape index (κ2) is 7.80. The van der Waals surface area contributed by atoms with Gasteiger partial charge >= 0.3 is 0 Å². The van der Waals surface area contributed by atoms with Crippen molar-refractivity contribution in [2.75, 3.05) is 26.2 Å². The maximum atomic E-state index is 5.90. The molecule has 0 spiro atoms. The number of hydrogen-bond acceptors (Lipinski definition) is 4. The lowest BCUT2D eigenvalue weighted by Gasteiger charge is -2.31. The zero-order chi connectivity index (χ0) is 13.5. The summed E-state index contributed by atoms with van der Waals surface area (Å²) in [6.45, 7) is 4.60. The van der Waals surface area contributed by atoms with Gasteiger partial charge in [-0.25, -0.2) is 4.98 Å². The molecule has 0 aromatic carbocycles. The molecule has 1 aliphatic heterocycles. The van der Waals surface area contributed by atoms with Crippen molar-refractivity contribution >= 4 is 11.6 Å². The first kappa shape index (κ1) is 14.7. The molecule has 4 nitrogen and oxygen atoms in total. The van der Waals surface area contributed by atoms with E-state index in [1.54, 1.807) is 6.20 Å². The Morgan fingerprint density at radius 2 is 2.21 bits per heavy atom. The molecule has 0 saturated carbocycles. The second-order valence-corrected chi connectivity index (χ2v) is 5.36. The molecular formula is C14H22ClN3O. The van der Waals surface area contributed by atoms with Crippen LogP contribution in [0.5, 0.6) is 0 Å². The van der Waals surface area contributed by atoms with Gasteiger partial charge in [-0.05, 0) is 43.5 Å². The highest BCUT2D eigenvalue weighted by atomic mass is 35.5. The van der Waals surface area contributed by atoms with Crippen LogP contribution in [-0.4, -0.2) is 42.2 Å². The molecule has 1 fully saturated rings. The van der Waals surface area contributed by atoms with E-state index in [0.29, 0.717) is 17.8 Å². The number of pyridine rings is 1. The normalized spacial score (nSPS) is 17.8. The molecule has 0 amide bonds. The van der Waals surface area contributed by atoms with Gasteiger partial charge in [0.05, 0.1) is 6.10 Å². The summed E-state index contributed by atoms with van der Waals surface area (Å²) in [6, 6.07) is 3.96. The van der Waals surface area contributed by atoms with Crippen molar-refractivity contribution in [2.45, 2.75) is 31.9 Å². The monoisotopic (exact) mass is 283 g/mol. The van der Waals surface area contributed by atoms with Gasteiger partial charge < -0.3 is 10.5 Å². The zero-order valence-corrected chi connectivity index (χ0v) is 12.0. The summed E-state index contributed by atoms with van der Waals surface area (Å²) >= 11 is 5.90. The Bertz CT molecular complexity index is 381. The molecule has 19 heavy (non-hydrogen) atoms. The predicted molar refractivity (Wildman–Crippen MR) is 77.2 cm³/mol. The van der Waals surface area contributed by atoms with Gasteiger partial charge in [-0.2, -0.15) is 0 Å². The molecular weight excluding hydrogens is 262 g/mol. The topological polar surface area (TPSA) is 51.4 Å². The molecule has 2 heterocycles. The van der Waals surface area contributed by atoms with Gasteiger partial charge in [0.2, 0.25) is 0 Å². The summed E-state index contributed by atoms with van der Waals surface area (Å²) in [5.74, 6) is 0. The molecule has 0 atom stereocenters. The van der Waals surface area contributed by atoms with Crippen molar-refractivity contribution in [3.05, 3.63) is 29.0 Å². The Balaban J connectivity index is 1.71. The van der Waals surface area contributed by atoms with Gasteiger partial charge in [0.1, 0.15) is 5.15 Å². The summed E-state index contributed by atoms with van der Waals surface area (Å²) in [5, 5.41) is 0.567. The van der Waals surface area contributed by atoms with Crippen molar-refractivity contribution in [1.82, 2.24) is 9.88 Å². The lowest BCUT2D eigenvalue weighted by Crippen LogP contribution is -2.36. The Morgan fingerprint density at radius 1 is 1.42 bits per heavy atom. The van der Waals surface area contributed by atoms with Gasteiger partial charge in [-0.1, -0.05) is 11.6 Å². The van der Waals surface area contributed by atoms with Crippen LogP contribution in [0.2, 0.25) is 5.15 Å². The fourth-order valence-corrected chi connectivity index (χ4v) is 2.56. The van der Waals surface area contributed by atoms with Gasteiger partial charge in [0, 0.05) is 32.4 Å². The van der Waals surface area contributed by atoms with Crippen LogP contribution in [0.3, 0.4) is 0 Å². The zero-order valence-electron chi connectivity index (χ0n) is 11.2. The molecule has 106 valence electrons. The minimum absolute atomic E-state index is 0.406. The number of halogens is 1. The number of ether oxygens (including phenoxy) is 1. The highest BCUT2D eigenvalue weighted by molar-refractivity contribution is 6.29. The Kier molecular flexibility index (Phi) is 6.04. The smallest absolute Gasteiger partial charge is 0.129 e. The van der Waals surface area contributed by atoms with E-state index in [0.717, 1.165) is 45.5 Å². The van der Waals surface area contributed by atoms with E-state index in [1.165, 1.54) is 5.56 Å². The fourth-order valence-electron chi connectivity index (χ4n) is 2.37. The third-order valence-corrected chi connectivity index (χ3v) is 3.64. The molecule has 1 aromatic rings. The highest BCUT2D eigenvalue weighted by Gasteiger charge is 2.19. The Morgan fingerprint density at radius 3 is 2.89 bits per heavy atom. The Labute approximate surface area is 119 Å². The molecule has 1 aromatic heterocycles. The number of aromatic nitrogens is 1. The molecule has 0 unspecified atom stereocenters. The van der Waals surface area contributed by atoms with Gasteiger partial charge in [0.15, 0.2) is 0 Å². The van der Waals surface area contributed by atoms with Crippen LogP contribution in [0.1, 0.15) is 24.8 Å². The number of nitrogens with two attached hydrogens (primary N) is 1. The van der Waals surface area contributed by atoms with E-state index in [4.69, 9.17) is 22.1 Å².